The van der Waals surface area contributed by atoms with Crippen LogP contribution in [0.2, 0.25) is 5.15 Å². The van der Waals surface area contributed by atoms with Crippen molar-refractivity contribution in [1.82, 2.24) is 4.98 Å². The number of nitrogens with two attached hydrogens (primary N) is 1. The van der Waals surface area contributed by atoms with E-state index in [1.807, 2.05) is 12.1 Å². The predicted octanol–water partition coefficient (Wildman–Crippen LogP) is 1.24. The first-order chi connectivity index (χ1) is 4.83. The van der Waals surface area contributed by atoms with Crippen molar-refractivity contribution in [2.45, 2.75) is 6.42 Å². The van der Waals surface area contributed by atoms with Crippen LogP contribution < -0.4 is 5.73 Å². The fourth-order valence-corrected chi connectivity index (χ4v) is 0.919. The Hall–Kier alpha value is -0.600. The lowest BCUT2D eigenvalue weighted by atomic mass is 10.3. The van der Waals surface area contributed by atoms with E-state index >= 15 is 0 Å². The first kappa shape index (κ1) is 7.51. The average molecular weight is 157 g/mol. The van der Waals surface area contributed by atoms with Crippen molar-refractivity contribution in [1.29, 1.82) is 0 Å². The van der Waals surface area contributed by atoms with Gasteiger partial charge in [-0.05, 0) is 18.7 Å². The fraction of sp³-hybridized carbons (Fsp3) is 0.286. The van der Waals surface area contributed by atoms with Gasteiger partial charge < -0.3 is 5.73 Å². The molecule has 0 unspecified atom stereocenters. The number of hydrogen-bond acceptors (Lipinski definition) is 2. The molecule has 0 saturated carbocycles. The van der Waals surface area contributed by atoms with Crippen LogP contribution in [0, 0.1) is 0 Å². The van der Waals surface area contributed by atoms with E-state index in [0.717, 1.165) is 12.1 Å². The minimum Gasteiger partial charge on any atom is -0.330 e. The van der Waals surface area contributed by atoms with E-state index in [2.05, 4.69) is 4.98 Å². The van der Waals surface area contributed by atoms with E-state index in [1.165, 1.54) is 0 Å². The smallest absolute Gasteiger partial charge is 0.129 e. The van der Waals surface area contributed by atoms with Gasteiger partial charge in [0, 0.05) is 12.1 Å². The van der Waals surface area contributed by atoms with Crippen LogP contribution in [0.25, 0.3) is 0 Å². The summed E-state index contributed by atoms with van der Waals surface area (Å²) in [6.07, 6.45) is 0.792. The van der Waals surface area contributed by atoms with Crippen molar-refractivity contribution in [2.24, 2.45) is 5.73 Å². The SMILES string of the molecule is NCCc1cccc(Cl)n1. The Balaban J connectivity index is 2.75. The minimum atomic E-state index is 0.533. The molecule has 2 N–H and O–H groups in total. The molecule has 0 atom stereocenters. The van der Waals surface area contributed by atoms with E-state index in [4.69, 9.17) is 17.3 Å². The molecule has 10 heavy (non-hydrogen) atoms. The fourth-order valence-electron chi connectivity index (χ4n) is 0.737. The van der Waals surface area contributed by atoms with E-state index in [1.54, 1.807) is 6.07 Å². The van der Waals surface area contributed by atoms with Gasteiger partial charge in [0.25, 0.3) is 0 Å². The second kappa shape index (κ2) is 3.54. The Morgan fingerprint density at radius 2 is 2.30 bits per heavy atom. The third kappa shape index (κ3) is 1.97. The Kier molecular flexibility index (Phi) is 2.66. The minimum absolute atomic E-state index is 0.533. The molecule has 0 spiro atoms. The lowest BCUT2D eigenvalue weighted by Crippen LogP contribution is -2.03. The molecule has 1 rings (SSSR count). The zero-order valence-corrected chi connectivity index (χ0v) is 6.30. The van der Waals surface area contributed by atoms with Crippen LogP contribution >= 0.6 is 11.6 Å². The van der Waals surface area contributed by atoms with Gasteiger partial charge in [0.1, 0.15) is 5.15 Å². The van der Waals surface area contributed by atoms with Gasteiger partial charge in [0.15, 0.2) is 0 Å². The van der Waals surface area contributed by atoms with Crippen LogP contribution in [0.4, 0.5) is 0 Å². The standard InChI is InChI=1S/C7H9ClN2/c8-7-3-1-2-6(10-7)4-5-9/h1-3H,4-5,9H2. The van der Waals surface area contributed by atoms with E-state index in [0.29, 0.717) is 11.7 Å². The number of pyridine rings is 1. The third-order valence-electron chi connectivity index (χ3n) is 1.17. The average Bonchev–Trinajstić information content (AvgIpc) is 1.88. The number of aromatic nitrogens is 1. The predicted molar refractivity (Wildman–Crippen MR) is 42.0 cm³/mol. The first-order valence-electron chi connectivity index (χ1n) is 3.14. The molecular formula is C7H9ClN2. The van der Waals surface area contributed by atoms with E-state index in [9.17, 15) is 0 Å². The molecule has 3 heteroatoms. The van der Waals surface area contributed by atoms with Gasteiger partial charge in [-0.3, -0.25) is 0 Å². The van der Waals surface area contributed by atoms with Gasteiger partial charge in [-0.15, -0.1) is 0 Å². The molecule has 0 fully saturated rings. The quantitative estimate of drug-likeness (QED) is 0.655. The lowest BCUT2D eigenvalue weighted by molar-refractivity contribution is 0.923. The molecule has 1 heterocycles. The molecule has 1 aromatic heterocycles. The zero-order chi connectivity index (χ0) is 7.40. The van der Waals surface area contributed by atoms with Gasteiger partial charge in [-0.1, -0.05) is 17.7 Å². The van der Waals surface area contributed by atoms with Crippen LogP contribution in [0.15, 0.2) is 18.2 Å². The molecule has 0 aliphatic carbocycles. The van der Waals surface area contributed by atoms with Gasteiger partial charge >= 0.3 is 0 Å². The molecule has 0 saturated heterocycles. The van der Waals surface area contributed by atoms with Crippen LogP contribution in [-0.4, -0.2) is 11.5 Å². The van der Waals surface area contributed by atoms with E-state index in [-0.39, 0.29) is 0 Å². The maximum absolute atomic E-state index is 5.63. The Morgan fingerprint density at radius 3 is 2.90 bits per heavy atom. The second-order valence-corrected chi connectivity index (χ2v) is 2.38. The van der Waals surface area contributed by atoms with Crippen LogP contribution in [0.3, 0.4) is 0 Å². The Morgan fingerprint density at radius 1 is 1.50 bits per heavy atom. The molecule has 0 amide bonds. The molecule has 2 nitrogen and oxygen atoms in total. The van der Waals surface area contributed by atoms with Crippen LogP contribution in [-0.2, 0) is 6.42 Å². The zero-order valence-electron chi connectivity index (χ0n) is 5.55. The van der Waals surface area contributed by atoms with Crippen molar-refractivity contribution in [3.8, 4) is 0 Å². The maximum atomic E-state index is 5.63. The van der Waals surface area contributed by atoms with Gasteiger partial charge in [-0.25, -0.2) is 4.98 Å². The lowest BCUT2D eigenvalue weighted by Gasteiger charge is -1.95. The van der Waals surface area contributed by atoms with Crippen LogP contribution in [0.5, 0.6) is 0 Å². The molecule has 0 bridgehead atoms. The summed E-state index contributed by atoms with van der Waals surface area (Å²) in [6.45, 7) is 0.618. The topological polar surface area (TPSA) is 38.9 Å². The molecule has 54 valence electrons. The second-order valence-electron chi connectivity index (χ2n) is 1.99. The highest BCUT2D eigenvalue weighted by molar-refractivity contribution is 6.29. The molecule has 1 aromatic rings. The number of rotatable bonds is 2. The summed E-state index contributed by atoms with van der Waals surface area (Å²) < 4.78 is 0. The summed E-state index contributed by atoms with van der Waals surface area (Å²) in [7, 11) is 0. The van der Waals surface area contributed by atoms with Crippen molar-refractivity contribution in [3.63, 3.8) is 0 Å². The number of nitrogens with zero attached hydrogens (tertiary/aromatic N) is 1. The summed E-state index contributed by atoms with van der Waals surface area (Å²) in [6, 6.07) is 5.54. The molecular weight excluding hydrogens is 148 g/mol. The highest BCUT2D eigenvalue weighted by Gasteiger charge is 1.92. The van der Waals surface area contributed by atoms with E-state index < -0.39 is 0 Å². The molecule has 0 aliphatic rings. The first-order valence-corrected chi connectivity index (χ1v) is 3.52. The number of hydrogen-bond donors (Lipinski definition) is 1. The summed E-state index contributed by atoms with van der Waals surface area (Å²) in [5.41, 5.74) is 6.28. The van der Waals surface area contributed by atoms with Crippen molar-refractivity contribution < 1.29 is 0 Å². The monoisotopic (exact) mass is 156 g/mol. The summed E-state index contributed by atoms with van der Waals surface area (Å²) in [5.74, 6) is 0. The summed E-state index contributed by atoms with van der Waals surface area (Å²) in [5, 5.41) is 0.533. The van der Waals surface area contributed by atoms with Crippen molar-refractivity contribution in [2.75, 3.05) is 6.54 Å². The summed E-state index contributed by atoms with van der Waals surface area (Å²) in [4.78, 5) is 4.05. The van der Waals surface area contributed by atoms with Gasteiger partial charge in [0.05, 0.1) is 0 Å². The van der Waals surface area contributed by atoms with Crippen LogP contribution in [0.1, 0.15) is 5.69 Å². The van der Waals surface area contributed by atoms with Crippen molar-refractivity contribution in [3.05, 3.63) is 29.0 Å². The Labute approximate surface area is 65.0 Å². The molecule has 0 aliphatic heterocycles. The highest BCUT2D eigenvalue weighted by atomic mass is 35.5. The number of halogens is 1. The largest absolute Gasteiger partial charge is 0.330 e. The van der Waals surface area contributed by atoms with Gasteiger partial charge in [-0.2, -0.15) is 0 Å². The van der Waals surface area contributed by atoms with Crippen molar-refractivity contribution >= 4 is 11.6 Å². The molecule has 0 radical (unpaired) electrons. The normalized spacial score (nSPS) is 9.80. The Bertz CT molecular complexity index is 213. The highest BCUT2D eigenvalue weighted by Crippen LogP contribution is 2.04. The summed E-state index contributed by atoms with van der Waals surface area (Å²) >= 11 is 5.63. The third-order valence-corrected chi connectivity index (χ3v) is 1.38. The molecule has 0 aromatic carbocycles. The maximum Gasteiger partial charge on any atom is 0.129 e. The van der Waals surface area contributed by atoms with Gasteiger partial charge in [0.2, 0.25) is 0 Å².